The Balaban J connectivity index is 1.62. The summed E-state index contributed by atoms with van der Waals surface area (Å²) in [6.45, 7) is 5.67. The second-order valence-corrected chi connectivity index (χ2v) is 7.11. The second-order valence-electron chi connectivity index (χ2n) is 6.77. The Labute approximate surface area is 174 Å². The number of ether oxygens (including phenoxy) is 2. The van der Waals surface area contributed by atoms with Gasteiger partial charge in [-0.25, -0.2) is 4.39 Å². The highest BCUT2D eigenvalue weighted by molar-refractivity contribution is 7.71. The molecule has 0 saturated carbocycles. The van der Waals surface area contributed by atoms with E-state index in [4.69, 9.17) is 26.1 Å². The van der Waals surface area contributed by atoms with Crippen LogP contribution in [0.25, 0.3) is 0 Å². The quantitative estimate of drug-likeness (QED) is 0.539. The van der Waals surface area contributed by atoms with Crippen molar-refractivity contribution in [3.63, 3.8) is 0 Å². The Bertz CT molecular complexity index is 987. The molecule has 154 valence electrons. The highest BCUT2D eigenvalue weighted by Gasteiger charge is 2.18. The lowest BCUT2D eigenvalue weighted by molar-refractivity contribution is -0.917. The monoisotopic (exact) mass is 418 g/mol. The van der Waals surface area contributed by atoms with Gasteiger partial charge < -0.3 is 18.8 Å². The summed E-state index contributed by atoms with van der Waals surface area (Å²) in [5, 5.41) is 4.41. The molecule has 0 bridgehead atoms. The molecule has 0 aliphatic heterocycles. The molecule has 1 unspecified atom stereocenters. The predicted molar refractivity (Wildman–Crippen MR) is 109 cm³/mol. The molecule has 8 heteroatoms. The van der Waals surface area contributed by atoms with Gasteiger partial charge in [0, 0.05) is 5.56 Å². The number of quaternary nitrogens is 1. The molecular formula is C21H25FN3O3S+. The Morgan fingerprint density at radius 1 is 1.21 bits per heavy atom. The van der Waals surface area contributed by atoms with Gasteiger partial charge in [0.25, 0.3) is 10.7 Å². The number of hydrogen-bond acceptors (Lipinski definition) is 5. The molecule has 3 aromatic rings. The minimum absolute atomic E-state index is 0.147. The number of nitrogens with one attached hydrogen (secondary N) is 1. The molecule has 0 spiro atoms. The zero-order chi connectivity index (χ0) is 20.8. The van der Waals surface area contributed by atoms with E-state index in [1.54, 1.807) is 29.8 Å². The van der Waals surface area contributed by atoms with Gasteiger partial charge in [-0.2, -0.15) is 4.68 Å². The highest BCUT2D eigenvalue weighted by Crippen LogP contribution is 2.23. The van der Waals surface area contributed by atoms with Crippen molar-refractivity contribution >= 4 is 12.2 Å². The Morgan fingerprint density at radius 3 is 2.62 bits per heavy atom. The molecule has 1 N–H and O–H groups in total. The maximum absolute atomic E-state index is 13.8. The van der Waals surface area contributed by atoms with Crippen LogP contribution in [-0.2, 0) is 13.2 Å². The van der Waals surface area contributed by atoms with Crippen LogP contribution in [-0.4, -0.2) is 23.4 Å². The van der Waals surface area contributed by atoms with Gasteiger partial charge in [-0.1, -0.05) is 12.1 Å². The van der Waals surface area contributed by atoms with Gasteiger partial charge in [-0.3, -0.25) is 0 Å². The van der Waals surface area contributed by atoms with E-state index in [1.165, 1.54) is 16.5 Å². The largest absolute Gasteiger partial charge is 0.494 e. The van der Waals surface area contributed by atoms with Crippen LogP contribution in [0.2, 0.25) is 0 Å². The first-order valence-electron chi connectivity index (χ1n) is 9.48. The van der Waals surface area contributed by atoms with Gasteiger partial charge >= 0.3 is 0 Å². The van der Waals surface area contributed by atoms with Crippen molar-refractivity contribution in [2.45, 2.75) is 33.2 Å². The van der Waals surface area contributed by atoms with E-state index < -0.39 is 11.9 Å². The van der Waals surface area contributed by atoms with Crippen LogP contribution in [0, 0.1) is 10.7 Å². The van der Waals surface area contributed by atoms with E-state index in [1.807, 2.05) is 38.2 Å². The van der Waals surface area contributed by atoms with Crippen LogP contribution in [0.1, 0.15) is 31.4 Å². The third kappa shape index (κ3) is 5.65. The minimum Gasteiger partial charge on any atom is -0.494 e. The van der Waals surface area contributed by atoms with Gasteiger partial charge in [0.05, 0.1) is 13.7 Å². The fraction of sp³-hybridized carbons (Fsp3) is 0.333. The maximum Gasteiger partial charge on any atom is 0.292 e. The van der Waals surface area contributed by atoms with Crippen LogP contribution in [0.15, 0.2) is 52.9 Å². The van der Waals surface area contributed by atoms with Crippen molar-refractivity contribution in [3.05, 3.63) is 70.6 Å². The first-order valence-corrected chi connectivity index (χ1v) is 9.89. The van der Waals surface area contributed by atoms with Crippen molar-refractivity contribution in [2.24, 2.45) is 0 Å². The molecule has 1 heterocycles. The van der Waals surface area contributed by atoms with Gasteiger partial charge in [0.1, 0.15) is 12.3 Å². The van der Waals surface area contributed by atoms with Crippen LogP contribution in [0.3, 0.4) is 0 Å². The van der Waals surface area contributed by atoms with E-state index >= 15 is 0 Å². The number of nitrogens with zero attached hydrogens (tertiary/aromatic N) is 2. The normalized spacial score (nSPS) is 13.1. The summed E-state index contributed by atoms with van der Waals surface area (Å²) in [6, 6.07) is 14.2. The molecule has 6 nitrogen and oxygen atoms in total. The summed E-state index contributed by atoms with van der Waals surface area (Å²) in [7, 11) is 2.05. The number of benzene rings is 2. The third-order valence-electron chi connectivity index (χ3n) is 4.27. The first kappa shape index (κ1) is 21.0. The van der Waals surface area contributed by atoms with E-state index in [0.717, 1.165) is 12.3 Å². The lowest BCUT2D eigenvalue weighted by atomic mass is 10.2. The van der Waals surface area contributed by atoms with Crippen LogP contribution >= 0.6 is 12.2 Å². The smallest absolute Gasteiger partial charge is 0.292 e. The summed E-state index contributed by atoms with van der Waals surface area (Å²) in [6.07, 6.45) is -0.568. The highest BCUT2D eigenvalue weighted by atomic mass is 32.1. The van der Waals surface area contributed by atoms with Gasteiger partial charge in [-0.05, 0) is 62.5 Å². The van der Waals surface area contributed by atoms with Crippen LogP contribution in [0.5, 0.6) is 11.5 Å². The van der Waals surface area contributed by atoms with Crippen LogP contribution < -0.4 is 14.4 Å². The minimum atomic E-state index is -0.568. The lowest BCUT2D eigenvalue weighted by Gasteiger charge is -2.14. The third-order valence-corrected chi connectivity index (χ3v) is 4.56. The van der Waals surface area contributed by atoms with Crippen LogP contribution in [0.4, 0.5) is 4.39 Å². The molecule has 0 saturated heterocycles. The number of hydrogen-bond donors (Lipinski definition) is 1. The van der Waals surface area contributed by atoms with E-state index in [2.05, 4.69) is 5.10 Å². The zero-order valence-corrected chi connectivity index (χ0v) is 17.5. The Kier molecular flexibility index (Phi) is 7.00. The maximum atomic E-state index is 13.8. The molecule has 0 aliphatic carbocycles. The first-order chi connectivity index (χ1) is 14.0. The van der Waals surface area contributed by atoms with Gasteiger partial charge in [-0.15, -0.1) is 5.10 Å². The molecule has 3 rings (SSSR count). The molecule has 0 fully saturated rings. The number of para-hydroxylation sites is 1. The average Bonchev–Trinajstić information content (AvgIpc) is 3.06. The second kappa shape index (κ2) is 9.67. The van der Waals surface area contributed by atoms with E-state index in [9.17, 15) is 4.39 Å². The summed E-state index contributed by atoms with van der Waals surface area (Å²) in [5.41, 5.74) is 1.18. The summed E-state index contributed by atoms with van der Waals surface area (Å²) < 4.78 is 32.1. The topological polar surface area (TPSA) is 53.9 Å². The van der Waals surface area contributed by atoms with Crippen molar-refractivity contribution in [2.75, 3.05) is 13.7 Å². The fourth-order valence-electron chi connectivity index (χ4n) is 2.90. The van der Waals surface area contributed by atoms with Crippen molar-refractivity contribution in [1.82, 2.24) is 9.78 Å². The molecular weight excluding hydrogens is 393 g/mol. The lowest BCUT2D eigenvalue weighted by Crippen LogP contribution is -3.07. The molecule has 0 radical (unpaired) electrons. The van der Waals surface area contributed by atoms with Crippen molar-refractivity contribution in [3.8, 4) is 11.5 Å². The standard InChI is InChI=1S/C21H24FN3O3S/c1-4-26-17-11-9-16(10-12-17)13-24(3)14-25-21(29)28-20(23-25)15(2)27-19-8-6-5-7-18(19)22/h5-12,15H,4,13-14H2,1-3H3/p+1/t15-/m1/s1. The zero-order valence-electron chi connectivity index (χ0n) is 16.7. The predicted octanol–water partition coefficient (Wildman–Crippen LogP) is 3.56. The average molecular weight is 419 g/mol. The number of rotatable bonds is 9. The molecule has 2 atom stereocenters. The van der Waals surface area contributed by atoms with E-state index in [0.29, 0.717) is 19.2 Å². The molecule has 1 aromatic heterocycles. The SMILES string of the molecule is CCOc1ccc(C[NH+](C)Cn2nc([C@@H](C)Oc3ccccc3F)oc2=S)cc1. The summed E-state index contributed by atoms with van der Waals surface area (Å²) >= 11 is 5.29. The van der Waals surface area contributed by atoms with Gasteiger partial charge in [0.15, 0.2) is 24.3 Å². The molecule has 29 heavy (non-hydrogen) atoms. The fourth-order valence-corrected chi connectivity index (χ4v) is 3.09. The van der Waals surface area contributed by atoms with Gasteiger partial charge in [0.2, 0.25) is 0 Å². The summed E-state index contributed by atoms with van der Waals surface area (Å²) in [5.74, 6) is 0.888. The molecule has 2 aromatic carbocycles. The van der Waals surface area contributed by atoms with Crippen molar-refractivity contribution < 1.29 is 23.2 Å². The number of aromatic nitrogens is 2. The molecule has 0 amide bonds. The summed E-state index contributed by atoms with van der Waals surface area (Å²) in [4.78, 5) is 1.43. The Morgan fingerprint density at radius 2 is 1.93 bits per heavy atom. The van der Waals surface area contributed by atoms with Crippen molar-refractivity contribution in [1.29, 1.82) is 0 Å². The Hall–Kier alpha value is -2.71. The molecule has 0 aliphatic rings. The number of halogens is 1. The van der Waals surface area contributed by atoms with E-state index in [-0.39, 0.29) is 10.6 Å².